The van der Waals surface area contributed by atoms with Gasteiger partial charge in [0.15, 0.2) is 0 Å². The van der Waals surface area contributed by atoms with E-state index < -0.39 is 0 Å². The molecule has 0 unspecified atom stereocenters. The van der Waals surface area contributed by atoms with Crippen molar-refractivity contribution in [3.8, 4) is 0 Å². The fraction of sp³-hybridized carbons (Fsp3) is 0.167. The predicted molar refractivity (Wildman–Crippen MR) is 68.1 cm³/mol. The van der Waals surface area contributed by atoms with E-state index in [0.717, 1.165) is 16.4 Å². The van der Waals surface area contributed by atoms with Gasteiger partial charge >= 0.3 is 0 Å². The molecular formula is C12H12ClNS. The number of rotatable bonds is 3. The SMILES string of the molecule is CNc1cccc(Cc2ccc(Cl)s2)c1. The molecule has 1 nitrogen and oxygen atoms in total. The highest BCUT2D eigenvalue weighted by molar-refractivity contribution is 7.16. The van der Waals surface area contributed by atoms with Crippen molar-refractivity contribution in [2.75, 3.05) is 12.4 Å². The molecule has 15 heavy (non-hydrogen) atoms. The minimum absolute atomic E-state index is 0.856. The summed E-state index contributed by atoms with van der Waals surface area (Å²) in [7, 11) is 1.93. The highest BCUT2D eigenvalue weighted by Gasteiger charge is 2.00. The maximum Gasteiger partial charge on any atom is 0.0931 e. The van der Waals surface area contributed by atoms with Gasteiger partial charge in [-0.1, -0.05) is 23.7 Å². The second-order valence-corrected chi connectivity index (χ2v) is 5.13. The molecule has 1 heterocycles. The summed E-state index contributed by atoms with van der Waals surface area (Å²) in [5, 5.41) is 3.14. The molecular weight excluding hydrogens is 226 g/mol. The van der Waals surface area contributed by atoms with Crippen LogP contribution in [0.1, 0.15) is 10.4 Å². The predicted octanol–water partition coefficient (Wildman–Crippen LogP) is 4.03. The zero-order valence-electron chi connectivity index (χ0n) is 8.46. The van der Waals surface area contributed by atoms with Crippen molar-refractivity contribution in [3.63, 3.8) is 0 Å². The smallest absolute Gasteiger partial charge is 0.0931 e. The van der Waals surface area contributed by atoms with Crippen molar-refractivity contribution in [2.45, 2.75) is 6.42 Å². The van der Waals surface area contributed by atoms with Gasteiger partial charge in [0.05, 0.1) is 4.34 Å². The van der Waals surface area contributed by atoms with Crippen LogP contribution in [0.15, 0.2) is 36.4 Å². The monoisotopic (exact) mass is 237 g/mol. The molecule has 0 saturated heterocycles. The van der Waals surface area contributed by atoms with Crippen LogP contribution in [-0.4, -0.2) is 7.05 Å². The Morgan fingerprint density at radius 1 is 1.27 bits per heavy atom. The molecule has 0 spiro atoms. The van der Waals surface area contributed by atoms with E-state index in [1.54, 1.807) is 11.3 Å². The molecule has 3 heteroatoms. The van der Waals surface area contributed by atoms with Gasteiger partial charge in [-0.3, -0.25) is 0 Å². The molecule has 0 aliphatic heterocycles. The molecule has 0 bridgehead atoms. The minimum Gasteiger partial charge on any atom is -0.388 e. The first kappa shape index (κ1) is 10.5. The third-order valence-electron chi connectivity index (χ3n) is 2.22. The number of anilines is 1. The normalized spacial score (nSPS) is 10.3. The van der Waals surface area contributed by atoms with Crippen molar-refractivity contribution in [3.05, 3.63) is 51.2 Å². The molecule has 0 fully saturated rings. The van der Waals surface area contributed by atoms with E-state index in [1.165, 1.54) is 10.4 Å². The zero-order chi connectivity index (χ0) is 10.7. The van der Waals surface area contributed by atoms with Crippen LogP contribution in [0.25, 0.3) is 0 Å². The van der Waals surface area contributed by atoms with E-state index >= 15 is 0 Å². The van der Waals surface area contributed by atoms with Crippen molar-refractivity contribution < 1.29 is 0 Å². The summed E-state index contributed by atoms with van der Waals surface area (Å²) in [5.74, 6) is 0. The summed E-state index contributed by atoms with van der Waals surface area (Å²) in [6, 6.07) is 12.5. The largest absolute Gasteiger partial charge is 0.388 e. The maximum atomic E-state index is 5.89. The van der Waals surface area contributed by atoms with Crippen molar-refractivity contribution >= 4 is 28.6 Å². The Kier molecular flexibility index (Phi) is 3.29. The number of hydrogen-bond donors (Lipinski definition) is 1. The van der Waals surface area contributed by atoms with E-state index in [1.807, 2.05) is 13.1 Å². The van der Waals surface area contributed by atoms with Crippen molar-refractivity contribution in [1.29, 1.82) is 0 Å². The molecule has 0 aliphatic rings. The van der Waals surface area contributed by atoms with Crippen LogP contribution in [0, 0.1) is 0 Å². The molecule has 1 aromatic heterocycles. The summed E-state index contributed by atoms with van der Waals surface area (Å²) in [5.41, 5.74) is 2.45. The lowest BCUT2D eigenvalue weighted by Crippen LogP contribution is -1.90. The Bertz CT molecular complexity index is 450. The lowest BCUT2D eigenvalue weighted by atomic mass is 10.1. The van der Waals surface area contributed by atoms with Crippen molar-refractivity contribution in [1.82, 2.24) is 0 Å². The fourth-order valence-electron chi connectivity index (χ4n) is 1.48. The highest BCUT2D eigenvalue weighted by Crippen LogP contribution is 2.24. The average molecular weight is 238 g/mol. The number of hydrogen-bond acceptors (Lipinski definition) is 2. The minimum atomic E-state index is 0.856. The summed E-state index contributed by atoms with van der Waals surface area (Å²) in [6.45, 7) is 0. The molecule has 2 aromatic rings. The second kappa shape index (κ2) is 4.69. The number of thiophene rings is 1. The zero-order valence-corrected chi connectivity index (χ0v) is 10.0. The van der Waals surface area contributed by atoms with E-state index in [9.17, 15) is 0 Å². The molecule has 0 radical (unpaired) electrons. The molecule has 0 saturated carbocycles. The summed E-state index contributed by atoms with van der Waals surface area (Å²) in [4.78, 5) is 1.30. The summed E-state index contributed by atoms with van der Waals surface area (Å²) in [6.07, 6.45) is 0.951. The Balaban J connectivity index is 2.16. The van der Waals surface area contributed by atoms with Gasteiger partial charge < -0.3 is 5.32 Å². The van der Waals surface area contributed by atoms with Crippen LogP contribution in [0.3, 0.4) is 0 Å². The fourth-order valence-corrected chi connectivity index (χ4v) is 2.61. The Hall–Kier alpha value is -0.990. The number of benzene rings is 1. The van der Waals surface area contributed by atoms with Crippen LogP contribution in [0.4, 0.5) is 5.69 Å². The summed E-state index contributed by atoms with van der Waals surface area (Å²) >= 11 is 7.53. The van der Waals surface area contributed by atoms with E-state index in [4.69, 9.17) is 11.6 Å². The maximum absolute atomic E-state index is 5.89. The van der Waals surface area contributed by atoms with Crippen molar-refractivity contribution in [2.24, 2.45) is 0 Å². The third kappa shape index (κ3) is 2.74. The van der Waals surface area contributed by atoms with Gasteiger partial charge in [-0.25, -0.2) is 0 Å². The van der Waals surface area contributed by atoms with Gasteiger partial charge in [0.2, 0.25) is 0 Å². The molecule has 1 aromatic carbocycles. The Morgan fingerprint density at radius 2 is 2.13 bits per heavy atom. The van der Waals surface area contributed by atoms with Gasteiger partial charge in [-0.2, -0.15) is 0 Å². The quantitative estimate of drug-likeness (QED) is 0.850. The van der Waals surface area contributed by atoms with Crippen LogP contribution < -0.4 is 5.32 Å². The van der Waals surface area contributed by atoms with Crippen LogP contribution >= 0.6 is 22.9 Å². The second-order valence-electron chi connectivity index (χ2n) is 3.33. The standard InChI is InChI=1S/C12H12ClNS/c1-14-10-4-2-3-9(7-10)8-11-5-6-12(13)15-11/h2-7,14H,8H2,1H3. The average Bonchev–Trinajstić information content (AvgIpc) is 2.64. The molecule has 0 aliphatic carbocycles. The van der Waals surface area contributed by atoms with Gasteiger partial charge in [-0.15, -0.1) is 11.3 Å². The van der Waals surface area contributed by atoms with E-state index in [-0.39, 0.29) is 0 Å². The van der Waals surface area contributed by atoms with Crippen LogP contribution in [0.2, 0.25) is 4.34 Å². The lowest BCUT2D eigenvalue weighted by Gasteiger charge is -2.03. The summed E-state index contributed by atoms with van der Waals surface area (Å²) < 4.78 is 0.856. The van der Waals surface area contributed by atoms with Gasteiger partial charge in [0.25, 0.3) is 0 Å². The highest BCUT2D eigenvalue weighted by atomic mass is 35.5. The topological polar surface area (TPSA) is 12.0 Å². The molecule has 78 valence electrons. The Morgan fingerprint density at radius 3 is 2.80 bits per heavy atom. The van der Waals surface area contributed by atoms with Gasteiger partial charge in [-0.05, 0) is 29.8 Å². The number of nitrogens with one attached hydrogen (secondary N) is 1. The first-order chi connectivity index (χ1) is 7.28. The molecule has 1 N–H and O–H groups in total. The molecule has 0 atom stereocenters. The van der Waals surface area contributed by atoms with E-state index in [0.29, 0.717) is 0 Å². The first-order valence-corrected chi connectivity index (χ1v) is 5.98. The van der Waals surface area contributed by atoms with Gasteiger partial charge in [0, 0.05) is 24.0 Å². The Labute approximate surface area is 98.7 Å². The third-order valence-corrected chi connectivity index (χ3v) is 3.45. The molecule has 2 rings (SSSR count). The number of halogens is 1. The van der Waals surface area contributed by atoms with Gasteiger partial charge in [0.1, 0.15) is 0 Å². The van der Waals surface area contributed by atoms with Crippen LogP contribution in [0.5, 0.6) is 0 Å². The lowest BCUT2D eigenvalue weighted by molar-refractivity contribution is 1.24. The van der Waals surface area contributed by atoms with E-state index in [2.05, 4.69) is 35.6 Å². The first-order valence-electron chi connectivity index (χ1n) is 4.79. The van der Waals surface area contributed by atoms with Crippen LogP contribution in [-0.2, 0) is 6.42 Å². The molecule has 0 amide bonds.